The van der Waals surface area contributed by atoms with Crippen LogP contribution in [0.4, 0.5) is 20.2 Å². The smallest absolute Gasteiger partial charge is 0.295 e. The number of benzene rings is 1. The van der Waals surface area contributed by atoms with Crippen LogP contribution < -0.4 is 5.32 Å². The van der Waals surface area contributed by atoms with Crippen LogP contribution in [-0.4, -0.2) is 36.0 Å². The topological polar surface area (TPSA) is 58.4 Å². The summed E-state index contributed by atoms with van der Waals surface area (Å²) in [4.78, 5) is 12.2. The van der Waals surface area contributed by atoms with Gasteiger partial charge in [0, 0.05) is 19.2 Å². The van der Waals surface area contributed by atoms with Crippen molar-refractivity contribution in [1.82, 2.24) is 4.90 Å². The minimum Gasteiger partial charge on any atom is -0.376 e. The Morgan fingerprint density at radius 2 is 2.00 bits per heavy atom. The Balaban J connectivity index is 2.76. The van der Waals surface area contributed by atoms with Crippen molar-refractivity contribution in [3.8, 4) is 0 Å². The van der Waals surface area contributed by atoms with Crippen molar-refractivity contribution >= 4 is 11.4 Å². The highest BCUT2D eigenvalue weighted by Crippen LogP contribution is 2.28. The number of hydrogen-bond donors (Lipinski definition) is 1. The standard InChI is InChI=1S/C13H19F2N3O2/c1-3-8-17(4-2)9-7-16-13-11(18(19)20)6-5-10(14)12(13)15/h5-6,16H,3-4,7-9H2,1-2H3. The van der Waals surface area contributed by atoms with Crippen LogP contribution in [0.3, 0.4) is 0 Å². The van der Waals surface area contributed by atoms with E-state index in [4.69, 9.17) is 0 Å². The van der Waals surface area contributed by atoms with Crippen LogP contribution >= 0.6 is 0 Å². The van der Waals surface area contributed by atoms with Gasteiger partial charge in [0.15, 0.2) is 17.3 Å². The maximum Gasteiger partial charge on any atom is 0.295 e. The monoisotopic (exact) mass is 287 g/mol. The van der Waals surface area contributed by atoms with E-state index in [1.807, 2.05) is 13.8 Å². The predicted molar refractivity (Wildman–Crippen MR) is 73.9 cm³/mol. The minimum atomic E-state index is -1.21. The van der Waals surface area contributed by atoms with Gasteiger partial charge in [0.1, 0.15) is 0 Å². The van der Waals surface area contributed by atoms with Crippen LogP contribution in [0.1, 0.15) is 20.3 Å². The zero-order valence-corrected chi connectivity index (χ0v) is 11.7. The fourth-order valence-corrected chi connectivity index (χ4v) is 1.94. The molecule has 0 fully saturated rings. The molecule has 0 unspecified atom stereocenters. The molecule has 0 radical (unpaired) electrons. The first-order valence-electron chi connectivity index (χ1n) is 6.59. The molecule has 0 saturated carbocycles. The molecule has 0 saturated heterocycles. The van der Waals surface area contributed by atoms with Gasteiger partial charge in [0.2, 0.25) is 0 Å². The molecule has 0 aliphatic carbocycles. The molecule has 1 N–H and O–H groups in total. The minimum absolute atomic E-state index is 0.315. The zero-order chi connectivity index (χ0) is 15.1. The summed E-state index contributed by atoms with van der Waals surface area (Å²) >= 11 is 0. The summed E-state index contributed by atoms with van der Waals surface area (Å²) in [6.07, 6.45) is 0.988. The van der Waals surface area contributed by atoms with E-state index in [-0.39, 0.29) is 5.69 Å². The van der Waals surface area contributed by atoms with Crippen LogP contribution in [0.2, 0.25) is 0 Å². The lowest BCUT2D eigenvalue weighted by molar-refractivity contribution is -0.384. The van der Waals surface area contributed by atoms with E-state index < -0.39 is 22.2 Å². The van der Waals surface area contributed by atoms with Crippen molar-refractivity contribution in [2.45, 2.75) is 20.3 Å². The highest BCUT2D eigenvalue weighted by atomic mass is 19.2. The molecule has 0 aliphatic rings. The molecular formula is C13H19F2N3O2. The molecule has 5 nitrogen and oxygen atoms in total. The maximum atomic E-state index is 13.6. The van der Waals surface area contributed by atoms with Crippen molar-refractivity contribution in [2.75, 3.05) is 31.5 Å². The van der Waals surface area contributed by atoms with E-state index in [9.17, 15) is 18.9 Å². The highest BCUT2D eigenvalue weighted by molar-refractivity contribution is 5.62. The molecule has 7 heteroatoms. The maximum absolute atomic E-state index is 13.6. The lowest BCUT2D eigenvalue weighted by Crippen LogP contribution is -2.30. The van der Waals surface area contributed by atoms with Crippen LogP contribution in [0.25, 0.3) is 0 Å². The lowest BCUT2D eigenvalue weighted by atomic mass is 10.2. The lowest BCUT2D eigenvalue weighted by Gasteiger charge is -2.20. The molecule has 0 aromatic heterocycles. The Kier molecular flexibility index (Phi) is 6.30. The molecule has 0 amide bonds. The average Bonchev–Trinajstić information content (AvgIpc) is 2.42. The third kappa shape index (κ3) is 4.12. The van der Waals surface area contributed by atoms with Gasteiger partial charge in [-0.15, -0.1) is 0 Å². The summed E-state index contributed by atoms with van der Waals surface area (Å²) in [6, 6.07) is 1.72. The van der Waals surface area contributed by atoms with Crippen LogP contribution in [0.15, 0.2) is 12.1 Å². The Bertz CT molecular complexity index is 469. The van der Waals surface area contributed by atoms with Gasteiger partial charge in [-0.2, -0.15) is 0 Å². The van der Waals surface area contributed by atoms with E-state index in [0.29, 0.717) is 13.1 Å². The Morgan fingerprint density at radius 3 is 2.55 bits per heavy atom. The van der Waals surface area contributed by atoms with Crippen molar-refractivity contribution < 1.29 is 13.7 Å². The van der Waals surface area contributed by atoms with Gasteiger partial charge in [-0.1, -0.05) is 13.8 Å². The second-order valence-electron chi connectivity index (χ2n) is 4.37. The van der Waals surface area contributed by atoms with E-state index >= 15 is 0 Å². The quantitative estimate of drug-likeness (QED) is 0.590. The van der Waals surface area contributed by atoms with Gasteiger partial charge in [0.25, 0.3) is 5.69 Å². The van der Waals surface area contributed by atoms with Crippen molar-refractivity contribution in [1.29, 1.82) is 0 Å². The Morgan fingerprint density at radius 1 is 1.30 bits per heavy atom. The summed E-state index contributed by atoms with van der Waals surface area (Å²) in [7, 11) is 0. The molecule has 0 bridgehead atoms. The number of likely N-dealkylation sites (N-methyl/N-ethyl adjacent to an activating group) is 1. The number of rotatable bonds is 8. The van der Waals surface area contributed by atoms with E-state index in [0.717, 1.165) is 31.6 Å². The summed E-state index contributed by atoms with van der Waals surface area (Å²) in [5, 5.41) is 13.4. The molecule has 0 spiro atoms. The third-order valence-electron chi connectivity index (χ3n) is 2.99. The summed E-state index contributed by atoms with van der Waals surface area (Å²) in [5.74, 6) is -2.31. The molecule has 112 valence electrons. The molecule has 1 aromatic rings. The van der Waals surface area contributed by atoms with Gasteiger partial charge < -0.3 is 10.2 Å². The molecule has 0 heterocycles. The SMILES string of the molecule is CCCN(CC)CCNc1c([N+](=O)[O-])ccc(F)c1F. The normalized spacial score (nSPS) is 10.8. The molecule has 0 atom stereocenters. The van der Waals surface area contributed by atoms with Gasteiger partial charge in [0.05, 0.1) is 4.92 Å². The van der Waals surface area contributed by atoms with Gasteiger partial charge in [-0.05, 0) is 25.6 Å². The summed E-state index contributed by atoms with van der Waals surface area (Å²) in [5.41, 5.74) is -0.843. The molecule has 0 aliphatic heterocycles. The zero-order valence-electron chi connectivity index (χ0n) is 11.7. The van der Waals surface area contributed by atoms with E-state index in [1.54, 1.807) is 0 Å². The number of halogens is 2. The number of nitrogens with zero attached hydrogens (tertiary/aromatic N) is 2. The van der Waals surface area contributed by atoms with Gasteiger partial charge >= 0.3 is 0 Å². The van der Waals surface area contributed by atoms with Crippen LogP contribution in [-0.2, 0) is 0 Å². The predicted octanol–water partition coefficient (Wildman–Crippen LogP) is 3.02. The second kappa shape index (κ2) is 7.74. The molecular weight excluding hydrogens is 268 g/mol. The second-order valence-corrected chi connectivity index (χ2v) is 4.37. The van der Waals surface area contributed by atoms with Crippen molar-refractivity contribution in [3.63, 3.8) is 0 Å². The van der Waals surface area contributed by atoms with Crippen LogP contribution in [0.5, 0.6) is 0 Å². The largest absolute Gasteiger partial charge is 0.376 e. The Labute approximate surface area is 116 Å². The first kappa shape index (κ1) is 16.3. The molecule has 20 heavy (non-hydrogen) atoms. The van der Waals surface area contributed by atoms with Gasteiger partial charge in [-0.25, -0.2) is 8.78 Å². The van der Waals surface area contributed by atoms with Crippen molar-refractivity contribution in [2.24, 2.45) is 0 Å². The molecule has 1 rings (SSSR count). The average molecular weight is 287 g/mol. The Hall–Kier alpha value is -1.76. The first-order chi connectivity index (χ1) is 9.51. The number of anilines is 1. The van der Waals surface area contributed by atoms with Crippen LogP contribution in [0, 0.1) is 21.7 Å². The fraction of sp³-hybridized carbons (Fsp3) is 0.538. The van der Waals surface area contributed by atoms with Crippen molar-refractivity contribution in [3.05, 3.63) is 33.9 Å². The highest BCUT2D eigenvalue weighted by Gasteiger charge is 2.21. The fourth-order valence-electron chi connectivity index (χ4n) is 1.94. The number of nitro benzene ring substituents is 1. The number of hydrogen-bond acceptors (Lipinski definition) is 4. The van der Waals surface area contributed by atoms with E-state index in [2.05, 4.69) is 10.2 Å². The summed E-state index contributed by atoms with van der Waals surface area (Å²) < 4.78 is 26.8. The summed E-state index contributed by atoms with van der Waals surface area (Å²) in [6.45, 7) is 6.70. The first-order valence-corrected chi connectivity index (χ1v) is 6.59. The van der Waals surface area contributed by atoms with E-state index in [1.165, 1.54) is 0 Å². The number of nitrogens with one attached hydrogen (secondary N) is 1. The number of nitro groups is 1. The molecule has 1 aromatic carbocycles. The van der Waals surface area contributed by atoms with Gasteiger partial charge in [-0.3, -0.25) is 10.1 Å². The third-order valence-corrected chi connectivity index (χ3v) is 2.99.